The molecule has 1 heterocycles. The monoisotopic (exact) mass is 227 g/mol. The third-order valence-electron chi connectivity index (χ3n) is 3.24. The molecular weight excluding hydrogens is 210 g/mol. The molecule has 1 aromatic heterocycles. The summed E-state index contributed by atoms with van der Waals surface area (Å²) in [7, 11) is 1.94. The Hall–Kier alpha value is -0.540. The van der Waals surface area contributed by atoms with Gasteiger partial charge in [0.1, 0.15) is 0 Å². The first-order valence-corrected chi connectivity index (χ1v) is 6.06. The van der Waals surface area contributed by atoms with Crippen LogP contribution in [-0.4, -0.2) is 21.2 Å². The highest BCUT2D eigenvalue weighted by Crippen LogP contribution is 2.30. The van der Waals surface area contributed by atoms with Gasteiger partial charge in [-0.15, -0.1) is 11.6 Å². The third kappa shape index (κ3) is 2.52. The van der Waals surface area contributed by atoms with Crippen molar-refractivity contribution >= 4 is 11.6 Å². The Balaban J connectivity index is 1.91. The van der Waals surface area contributed by atoms with Gasteiger partial charge in [0.05, 0.1) is 6.20 Å². The minimum absolute atomic E-state index is 0.178. The van der Waals surface area contributed by atoms with E-state index in [-0.39, 0.29) is 5.54 Å². The van der Waals surface area contributed by atoms with E-state index >= 15 is 0 Å². The highest BCUT2D eigenvalue weighted by molar-refractivity contribution is 6.18. The van der Waals surface area contributed by atoms with Gasteiger partial charge in [0.2, 0.25) is 0 Å². The molecule has 1 aromatic rings. The van der Waals surface area contributed by atoms with Crippen LogP contribution < -0.4 is 5.32 Å². The zero-order chi connectivity index (χ0) is 10.7. The van der Waals surface area contributed by atoms with Crippen molar-refractivity contribution in [2.75, 3.05) is 5.88 Å². The molecule has 0 radical (unpaired) electrons. The van der Waals surface area contributed by atoms with Crippen LogP contribution >= 0.6 is 11.6 Å². The largest absolute Gasteiger partial charge is 0.306 e. The predicted molar refractivity (Wildman–Crippen MR) is 62.0 cm³/mol. The van der Waals surface area contributed by atoms with Gasteiger partial charge in [-0.1, -0.05) is 12.8 Å². The molecule has 0 aliphatic heterocycles. The van der Waals surface area contributed by atoms with Crippen LogP contribution in [0.15, 0.2) is 12.4 Å². The second-order valence-corrected chi connectivity index (χ2v) is 4.76. The predicted octanol–water partition coefficient (Wildman–Crippen LogP) is 2.06. The fourth-order valence-corrected chi connectivity index (χ4v) is 2.62. The quantitative estimate of drug-likeness (QED) is 0.799. The van der Waals surface area contributed by atoms with E-state index in [0.717, 1.165) is 6.54 Å². The van der Waals surface area contributed by atoms with E-state index in [1.54, 1.807) is 0 Å². The van der Waals surface area contributed by atoms with Gasteiger partial charge in [-0.3, -0.25) is 4.68 Å². The number of nitrogens with zero attached hydrogens (tertiary/aromatic N) is 2. The maximum Gasteiger partial charge on any atom is 0.0534 e. The maximum absolute atomic E-state index is 6.05. The van der Waals surface area contributed by atoms with E-state index in [9.17, 15) is 0 Å². The summed E-state index contributed by atoms with van der Waals surface area (Å²) in [5.41, 5.74) is 1.41. The van der Waals surface area contributed by atoms with Crippen molar-refractivity contribution in [1.29, 1.82) is 0 Å². The minimum atomic E-state index is 0.178. The fraction of sp³-hybridized carbons (Fsp3) is 0.727. The average Bonchev–Trinajstić information content (AvgIpc) is 2.85. The number of aryl methyl sites for hydroxylation is 1. The van der Waals surface area contributed by atoms with Gasteiger partial charge in [0, 0.05) is 36.8 Å². The average molecular weight is 228 g/mol. The number of nitrogens with one attached hydrogen (secondary N) is 1. The third-order valence-corrected chi connectivity index (χ3v) is 3.75. The second-order valence-electron chi connectivity index (χ2n) is 4.50. The molecule has 0 saturated heterocycles. The van der Waals surface area contributed by atoms with Crippen LogP contribution in [0.2, 0.25) is 0 Å². The molecule has 1 aliphatic carbocycles. The highest BCUT2D eigenvalue weighted by Gasteiger charge is 2.32. The Morgan fingerprint density at radius 2 is 2.27 bits per heavy atom. The van der Waals surface area contributed by atoms with Crippen molar-refractivity contribution in [2.24, 2.45) is 7.05 Å². The Morgan fingerprint density at radius 3 is 2.80 bits per heavy atom. The molecule has 0 atom stereocenters. The fourth-order valence-electron chi connectivity index (χ4n) is 2.26. The lowest BCUT2D eigenvalue weighted by Crippen LogP contribution is -2.43. The number of aromatic nitrogens is 2. The van der Waals surface area contributed by atoms with Gasteiger partial charge in [-0.25, -0.2) is 0 Å². The molecule has 15 heavy (non-hydrogen) atoms. The Morgan fingerprint density at radius 1 is 1.53 bits per heavy atom. The zero-order valence-corrected chi connectivity index (χ0v) is 9.93. The smallest absolute Gasteiger partial charge is 0.0534 e. The number of hydrogen-bond donors (Lipinski definition) is 1. The van der Waals surface area contributed by atoms with E-state index in [1.165, 1.54) is 31.2 Å². The number of rotatable bonds is 4. The SMILES string of the molecule is Cn1cc(CNC2(CCl)CCCC2)cn1. The van der Waals surface area contributed by atoms with Crippen LogP contribution in [0.1, 0.15) is 31.2 Å². The summed E-state index contributed by atoms with van der Waals surface area (Å²) in [6, 6.07) is 0. The summed E-state index contributed by atoms with van der Waals surface area (Å²) in [5, 5.41) is 7.74. The summed E-state index contributed by atoms with van der Waals surface area (Å²) >= 11 is 6.05. The Labute approximate surface area is 95.8 Å². The molecule has 1 aliphatic rings. The summed E-state index contributed by atoms with van der Waals surface area (Å²) in [4.78, 5) is 0. The summed E-state index contributed by atoms with van der Waals surface area (Å²) in [5.74, 6) is 0.716. The van der Waals surface area contributed by atoms with Crippen molar-refractivity contribution in [3.8, 4) is 0 Å². The number of hydrogen-bond acceptors (Lipinski definition) is 2. The van der Waals surface area contributed by atoms with Crippen LogP contribution in [0, 0.1) is 0 Å². The number of halogens is 1. The molecule has 0 unspecified atom stereocenters. The topological polar surface area (TPSA) is 29.9 Å². The van der Waals surface area contributed by atoms with Gasteiger partial charge in [0.25, 0.3) is 0 Å². The first kappa shape index (κ1) is 11.0. The molecule has 2 rings (SSSR count). The molecular formula is C11H18ClN3. The molecule has 1 fully saturated rings. The van der Waals surface area contributed by atoms with E-state index in [4.69, 9.17) is 11.6 Å². The van der Waals surface area contributed by atoms with Gasteiger partial charge in [-0.2, -0.15) is 5.10 Å². The van der Waals surface area contributed by atoms with Gasteiger partial charge < -0.3 is 5.32 Å². The molecule has 0 spiro atoms. The molecule has 84 valence electrons. The Kier molecular flexibility index (Phi) is 3.32. The van der Waals surface area contributed by atoms with Crippen LogP contribution in [0.5, 0.6) is 0 Å². The zero-order valence-electron chi connectivity index (χ0n) is 9.17. The first-order chi connectivity index (χ1) is 7.24. The lowest BCUT2D eigenvalue weighted by molar-refractivity contribution is 0.368. The van der Waals surface area contributed by atoms with Crippen LogP contribution in [0.25, 0.3) is 0 Å². The molecule has 0 bridgehead atoms. The lowest BCUT2D eigenvalue weighted by atomic mass is 10.0. The maximum atomic E-state index is 6.05. The van der Waals surface area contributed by atoms with Gasteiger partial charge >= 0.3 is 0 Å². The van der Waals surface area contributed by atoms with Gasteiger partial charge in [-0.05, 0) is 12.8 Å². The molecule has 3 nitrogen and oxygen atoms in total. The first-order valence-electron chi connectivity index (χ1n) is 5.53. The second kappa shape index (κ2) is 4.54. The molecule has 0 aromatic carbocycles. The van der Waals surface area contributed by atoms with Crippen LogP contribution in [0.4, 0.5) is 0 Å². The summed E-state index contributed by atoms with van der Waals surface area (Å²) in [6.45, 7) is 0.876. The van der Waals surface area contributed by atoms with Crippen molar-refractivity contribution in [3.05, 3.63) is 18.0 Å². The Bertz CT molecular complexity index is 315. The molecule has 1 N–H and O–H groups in total. The standard InChI is InChI=1S/C11H18ClN3/c1-15-8-10(7-14-15)6-13-11(9-12)4-2-3-5-11/h7-8,13H,2-6,9H2,1H3. The van der Waals surface area contributed by atoms with Crippen molar-refractivity contribution in [1.82, 2.24) is 15.1 Å². The summed E-state index contributed by atoms with van der Waals surface area (Å²) < 4.78 is 1.83. The van der Waals surface area contributed by atoms with Crippen molar-refractivity contribution < 1.29 is 0 Å². The van der Waals surface area contributed by atoms with Crippen molar-refractivity contribution in [3.63, 3.8) is 0 Å². The molecule has 0 amide bonds. The van der Waals surface area contributed by atoms with Gasteiger partial charge in [0.15, 0.2) is 0 Å². The minimum Gasteiger partial charge on any atom is -0.306 e. The molecule has 4 heteroatoms. The highest BCUT2D eigenvalue weighted by atomic mass is 35.5. The normalized spacial score (nSPS) is 19.6. The lowest BCUT2D eigenvalue weighted by Gasteiger charge is -2.27. The van der Waals surface area contributed by atoms with E-state index in [2.05, 4.69) is 10.4 Å². The van der Waals surface area contributed by atoms with E-state index in [0.29, 0.717) is 5.88 Å². The van der Waals surface area contributed by atoms with E-state index < -0.39 is 0 Å². The number of alkyl halides is 1. The van der Waals surface area contributed by atoms with E-state index in [1.807, 2.05) is 24.1 Å². The molecule has 1 saturated carbocycles. The van der Waals surface area contributed by atoms with Crippen LogP contribution in [0.3, 0.4) is 0 Å². The van der Waals surface area contributed by atoms with Crippen LogP contribution in [-0.2, 0) is 13.6 Å². The van der Waals surface area contributed by atoms with Crippen molar-refractivity contribution in [2.45, 2.75) is 37.8 Å². The summed E-state index contributed by atoms with van der Waals surface area (Å²) in [6.07, 6.45) is 8.96.